The van der Waals surface area contributed by atoms with Crippen LogP contribution in [0.25, 0.3) is 11.3 Å². The molecule has 3 aromatic rings. The van der Waals surface area contributed by atoms with E-state index in [0.717, 1.165) is 65.8 Å². The Morgan fingerprint density at radius 2 is 2.00 bits per heavy atom. The van der Waals surface area contributed by atoms with Crippen LogP contribution in [0.2, 0.25) is 0 Å². The van der Waals surface area contributed by atoms with E-state index in [2.05, 4.69) is 57.3 Å². The van der Waals surface area contributed by atoms with Crippen LogP contribution in [-0.4, -0.2) is 60.9 Å². The van der Waals surface area contributed by atoms with Crippen LogP contribution >= 0.6 is 15.9 Å². The first kappa shape index (κ1) is 29.1. The van der Waals surface area contributed by atoms with Crippen molar-refractivity contribution in [1.82, 2.24) is 19.5 Å². The Balaban J connectivity index is 1.41. The predicted octanol–water partition coefficient (Wildman–Crippen LogP) is 5.22. The fraction of sp³-hybridized carbons (Fsp3) is 0.419. The number of aliphatic hydroxyl groups is 1. The summed E-state index contributed by atoms with van der Waals surface area (Å²) >= 11 is 3.57. The minimum atomic E-state index is -1.19. The summed E-state index contributed by atoms with van der Waals surface area (Å²) in [6.45, 7) is 5.14. The molecule has 1 saturated heterocycles. The Labute approximate surface area is 247 Å². The number of nitrogens with one attached hydrogen (secondary N) is 1. The third-order valence-corrected chi connectivity index (χ3v) is 9.71. The fourth-order valence-corrected chi connectivity index (χ4v) is 7.66. The summed E-state index contributed by atoms with van der Waals surface area (Å²) in [4.78, 5) is 20.9. The first-order chi connectivity index (χ1) is 19.5. The molecule has 0 spiro atoms. The van der Waals surface area contributed by atoms with Crippen LogP contribution in [0.5, 0.6) is 0 Å². The highest BCUT2D eigenvalue weighted by molar-refractivity contribution is 9.10. The number of likely N-dealkylation sites (tertiary alicyclic amines) is 1. The fourth-order valence-electron chi connectivity index (χ4n) is 5.71. The van der Waals surface area contributed by atoms with Gasteiger partial charge in [-0.3, -0.25) is 9.69 Å². The molecule has 0 radical (unpaired) electrons. The number of aromatic nitrogens is 1. The zero-order chi connectivity index (χ0) is 28.1. The van der Waals surface area contributed by atoms with E-state index in [0.29, 0.717) is 24.4 Å². The van der Waals surface area contributed by atoms with Gasteiger partial charge in [-0.15, -0.1) is 0 Å². The standard InChI is InChI=1S/C31H37BrN4O3S/c1-2-3-16-40(39)36-20-24-18-27(31(38)33-26-12-14-35(21-26)19-22-8-5-4-6-9-22)34-30(29(24)28(36)13-15-37)23-10-7-11-25(32)17-23/h4-11,17-18,26,28,37H,2-3,12-16,19-21H2,1H3,(H,33,38)/t26-,28-,40?/m1/s1. The molecule has 2 aromatic carbocycles. The average Bonchev–Trinajstić information content (AvgIpc) is 3.56. The molecule has 5 rings (SSSR count). The highest BCUT2D eigenvalue weighted by Crippen LogP contribution is 2.43. The second kappa shape index (κ2) is 13.5. The van der Waals surface area contributed by atoms with Crippen LogP contribution in [0.15, 0.2) is 65.1 Å². The van der Waals surface area contributed by atoms with Gasteiger partial charge in [0.1, 0.15) is 5.69 Å². The Kier molecular flexibility index (Phi) is 9.80. The number of carbonyl (C=O) groups is 1. The van der Waals surface area contributed by atoms with Gasteiger partial charge in [0.25, 0.3) is 5.91 Å². The van der Waals surface area contributed by atoms with Crippen molar-refractivity contribution in [2.45, 2.75) is 57.8 Å². The number of hydrogen-bond donors (Lipinski definition) is 2. The Morgan fingerprint density at radius 1 is 1.18 bits per heavy atom. The maximum absolute atomic E-state index is 13.6. The minimum Gasteiger partial charge on any atom is -0.396 e. The van der Waals surface area contributed by atoms with Crippen molar-refractivity contribution in [3.8, 4) is 11.3 Å². The van der Waals surface area contributed by atoms with Crippen molar-refractivity contribution in [2.75, 3.05) is 25.4 Å². The zero-order valence-corrected chi connectivity index (χ0v) is 25.3. The molecule has 1 aromatic heterocycles. The van der Waals surface area contributed by atoms with Crippen molar-refractivity contribution >= 4 is 32.8 Å². The predicted molar refractivity (Wildman–Crippen MR) is 163 cm³/mol. The molecule has 1 unspecified atom stereocenters. The van der Waals surface area contributed by atoms with Crippen molar-refractivity contribution in [3.63, 3.8) is 0 Å². The average molecular weight is 626 g/mol. The zero-order valence-electron chi connectivity index (χ0n) is 22.9. The van der Waals surface area contributed by atoms with E-state index in [-0.39, 0.29) is 24.6 Å². The topological polar surface area (TPSA) is 85.8 Å². The lowest BCUT2D eigenvalue weighted by molar-refractivity contribution is 0.0932. The summed E-state index contributed by atoms with van der Waals surface area (Å²) in [7, 11) is -1.19. The van der Waals surface area contributed by atoms with Gasteiger partial charge in [-0.25, -0.2) is 13.5 Å². The molecule has 2 aliphatic heterocycles. The van der Waals surface area contributed by atoms with Crippen LogP contribution in [0, 0.1) is 0 Å². The molecule has 0 saturated carbocycles. The normalized spacial score (nSPS) is 20.0. The second-order valence-electron chi connectivity index (χ2n) is 10.6. The number of nitrogens with zero attached hydrogens (tertiary/aromatic N) is 3. The molecule has 7 nitrogen and oxygen atoms in total. The Morgan fingerprint density at radius 3 is 2.75 bits per heavy atom. The van der Waals surface area contributed by atoms with Crippen molar-refractivity contribution in [2.24, 2.45) is 0 Å². The van der Waals surface area contributed by atoms with Gasteiger partial charge in [-0.1, -0.05) is 71.7 Å². The number of unbranched alkanes of at least 4 members (excludes halogenated alkanes) is 1. The van der Waals surface area contributed by atoms with Gasteiger partial charge in [-0.2, -0.15) is 0 Å². The Bertz CT molecular complexity index is 1360. The molecule has 2 N–H and O–H groups in total. The Hall–Kier alpha value is -2.43. The molecule has 0 bridgehead atoms. The van der Waals surface area contributed by atoms with Gasteiger partial charge in [-0.05, 0) is 48.6 Å². The molecular formula is C31H37BrN4O3S. The lowest BCUT2D eigenvalue weighted by Gasteiger charge is -2.24. The molecule has 9 heteroatoms. The van der Waals surface area contributed by atoms with E-state index in [1.54, 1.807) is 0 Å². The van der Waals surface area contributed by atoms with E-state index in [4.69, 9.17) is 4.98 Å². The van der Waals surface area contributed by atoms with E-state index < -0.39 is 11.0 Å². The molecule has 3 atom stereocenters. The van der Waals surface area contributed by atoms with Gasteiger partial charge in [0, 0.05) is 60.2 Å². The third kappa shape index (κ3) is 6.71. The van der Waals surface area contributed by atoms with Gasteiger partial charge in [0.15, 0.2) is 0 Å². The molecule has 212 valence electrons. The molecule has 2 aliphatic rings. The van der Waals surface area contributed by atoms with Gasteiger partial charge < -0.3 is 10.4 Å². The summed E-state index contributed by atoms with van der Waals surface area (Å²) in [5.41, 5.74) is 5.17. The molecule has 0 aliphatic carbocycles. The number of aliphatic hydroxyl groups excluding tert-OH is 1. The maximum atomic E-state index is 13.6. The number of halogens is 1. The number of hydrogen-bond acceptors (Lipinski definition) is 5. The van der Waals surface area contributed by atoms with Crippen molar-refractivity contribution < 1.29 is 14.1 Å². The number of pyridine rings is 1. The van der Waals surface area contributed by atoms with E-state index >= 15 is 0 Å². The highest BCUT2D eigenvalue weighted by atomic mass is 79.9. The third-order valence-electron chi connectivity index (χ3n) is 7.68. The second-order valence-corrected chi connectivity index (χ2v) is 13.0. The molecule has 1 amide bonds. The summed E-state index contributed by atoms with van der Waals surface area (Å²) < 4.78 is 16.2. The quantitative estimate of drug-likeness (QED) is 0.306. The summed E-state index contributed by atoms with van der Waals surface area (Å²) in [5, 5.41) is 13.2. The number of fused-ring (bicyclic) bond motifs is 1. The van der Waals surface area contributed by atoms with Gasteiger partial charge >= 0.3 is 0 Å². The smallest absolute Gasteiger partial charge is 0.270 e. The van der Waals surface area contributed by atoms with Crippen LogP contribution < -0.4 is 5.32 Å². The van der Waals surface area contributed by atoms with Crippen LogP contribution in [0.4, 0.5) is 0 Å². The molecule has 1 fully saturated rings. The lowest BCUT2D eigenvalue weighted by atomic mass is 9.96. The SMILES string of the molecule is CCCCS(=O)N1Cc2cc(C(=O)N[C@@H]3CCN(Cc4ccccc4)C3)nc(-c3cccc(Br)c3)c2[C@H]1CCO. The maximum Gasteiger partial charge on any atom is 0.270 e. The number of rotatable bonds is 11. The minimum absolute atomic E-state index is 0.0209. The molecular weight excluding hydrogens is 588 g/mol. The largest absolute Gasteiger partial charge is 0.396 e. The number of benzene rings is 2. The van der Waals surface area contributed by atoms with E-state index in [1.165, 1.54) is 5.56 Å². The first-order valence-electron chi connectivity index (χ1n) is 14.1. The molecule has 3 heterocycles. The van der Waals surface area contributed by atoms with Gasteiger partial charge in [0.2, 0.25) is 0 Å². The van der Waals surface area contributed by atoms with E-state index in [9.17, 15) is 14.1 Å². The summed E-state index contributed by atoms with van der Waals surface area (Å²) in [6.07, 6.45) is 3.19. The van der Waals surface area contributed by atoms with Crippen LogP contribution in [-0.2, 0) is 24.1 Å². The van der Waals surface area contributed by atoms with Crippen molar-refractivity contribution in [1.29, 1.82) is 0 Å². The highest BCUT2D eigenvalue weighted by Gasteiger charge is 2.37. The van der Waals surface area contributed by atoms with Crippen molar-refractivity contribution in [3.05, 3.63) is 87.5 Å². The summed E-state index contributed by atoms with van der Waals surface area (Å²) in [6, 6.07) is 20.0. The first-order valence-corrected chi connectivity index (χ1v) is 16.2. The number of amides is 1. The number of carbonyl (C=O) groups excluding carboxylic acids is 1. The monoisotopic (exact) mass is 624 g/mol. The van der Waals surface area contributed by atoms with Crippen LogP contribution in [0.1, 0.15) is 65.8 Å². The summed E-state index contributed by atoms with van der Waals surface area (Å²) in [5.74, 6) is 0.399. The lowest BCUT2D eigenvalue weighted by Crippen LogP contribution is -2.37. The van der Waals surface area contributed by atoms with Gasteiger partial charge in [0.05, 0.1) is 22.7 Å². The van der Waals surface area contributed by atoms with Crippen LogP contribution in [0.3, 0.4) is 0 Å². The molecule has 40 heavy (non-hydrogen) atoms. The van der Waals surface area contributed by atoms with E-state index in [1.807, 2.05) is 40.7 Å².